The fourth-order valence-corrected chi connectivity index (χ4v) is 4.58. The van der Waals surface area contributed by atoms with Crippen molar-refractivity contribution in [2.24, 2.45) is 0 Å². The van der Waals surface area contributed by atoms with E-state index in [1.165, 1.54) is 0 Å². The molecule has 1 amide bonds. The van der Waals surface area contributed by atoms with Crippen LogP contribution in [0, 0.1) is 0 Å². The van der Waals surface area contributed by atoms with Gasteiger partial charge in [-0.2, -0.15) is 0 Å². The molecule has 0 bridgehead atoms. The third-order valence-corrected chi connectivity index (χ3v) is 6.69. The number of nitrogens with one attached hydrogen (secondary N) is 1. The number of aryl methyl sites for hydroxylation is 1. The summed E-state index contributed by atoms with van der Waals surface area (Å²) in [6.45, 7) is 9.08. The third-order valence-electron chi connectivity index (χ3n) is 5.30. The fourth-order valence-electron chi connectivity index (χ4n) is 3.53. The Morgan fingerprint density at radius 3 is 2.34 bits per heavy atom. The molecule has 0 aromatic heterocycles. The fraction of sp³-hybridized carbons (Fsp3) is 0.435. The van der Waals surface area contributed by atoms with Gasteiger partial charge in [-0.05, 0) is 59.7 Å². The van der Waals surface area contributed by atoms with Gasteiger partial charge < -0.3 is 4.90 Å². The third kappa shape index (κ3) is 4.81. The number of anilines is 2. The molecule has 0 unspecified atom stereocenters. The van der Waals surface area contributed by atoms with Crippen LogP contribution in [0.25, 0.3) is 0 Å². The van der Waals surface area contributed by atoms with Crippen LogP contribution in [-0.4, -0.2) is 20.9 Å². The standard InChI is InChI=1S/C23H30N2O3S/c1-5-6-15-25-21-13-10-19(16-17(21)7-14-22(25)26)24-29(27,28)20-11-8-18(9-12-20)23(2,3)4/h8-13,16,24H,5-7,14-15H2,1-4H3. The van der Waals surface area contributed by atoms with Crippen molar-refractivity contribution in [2.75, 3.05) is 16.2 Å². The molecule has 1 heterocycles. The summed E-state index contributed by atoms with van der Waals surface area (Å²) in [5.74, 6) is 0.137. The van der Waals surface area contributed by atoms with Crippen LogP contribution < -0.4 is 9.62 Å². The Hall–Kier alpha value is -2.34. The highest BCUT2D eigenvalue weighted by Crippen LogP contribution is 2.31. The van der Waals surface area contributed by atoms with E-state index in [9.17, 15) is 13.2 Å². The van der Waals surface area contributed by atoms with Crippen molar-refractivity contribution in [3.63, 3.8) is 0 Å². The van der Waals surface area contributed by atoms with Gasteiger partial charge in [0.1, 0.15) is 0 Å². The van der Waals surface area contributed by atoms with E-state index in [0.717, 1.165) is 29.7 Å². The normalized spacial score (nSPS) is 14.6. The van der Waals surface area contributed by atoms with E-state index in [1.807, 2.05) is 29.2 Å². The maximum absolute atomic E-state index is 12.8. The summed E-state index contributed by atoms with van der Waals surface area (Å²) >= 11 is 0. The second-order valence-electron chi connectivity index (χ2n) is 8.62. The molecule has 0 radical (unpaired) electrons. The Kier molecular flexibility index (Phi) is 6.03. The van der Waals surface area contributed by atoms with Crippen molar-refractivity contribution in [3.8, 4) is 0 Å². The van der Waals surface area contributed by atoms with Gasteiger partial charge in [0.05, 0.1) is 4.90 Å². The highest BCUT2D eigenvalue weighted by molar-refractivity contribution is 7.92. The first-order valence-electron chi connectivity index (χ1n) is 10.2. The lowest BCUT2D eigenvalue weighted by Crippen LogP contribution is -2.35. The first kappa shape index (κ1) is 21.4. The van der Waals surface area contributed by atoms with E-state index >= 15 is 0 Å². The molecule has 1 N–H and O–H groups in total. The number of hydrogen-bond donors (Lipinski definition) is 1. The quantitative estimate of drug-likeness (QED) is 0.734. The van der Waals surface area contributed by atoms with E-state index in [4.69, 9.17) is 0 Å². The SMILES string of the molecule is CCCCN1C(=O)CCc2cc(NS(=O)(=O)c3ccc(C(C)(C)C)cc3)ccc21. The molecule has 0 atom stereocenters. The number of carbonyl (C=O) groups excluding carboxylic acids is 1. The van der Waals surface area contributed by atoms with Gasteiger partial charge in [0, 0.05) is 24.3 Å². The van der Waals surface area contributed by atoms with E-state index in [2.05, 4.69) is 32.4 Å². The van der Waals surface area contributed by atoms with Crippen molar-refractivity contribution in [3.05, 3.63) is 53.6 Å². The lowest BCUT2D eigenvalue weighted by atomic mass is 9.87. The van der Waals surface area contributed by atoms with Gasteiger partial charge >= 0.3 is 0 Å². The predicted molar refractivity (Wildman–Crippen MR) is 118 cm³/mol. The minimum atomic E-state index is -3.67. The zero-order chi connectivity index (χ0) is 21.2. The Balaban J connectivity index is 1.82. The smallest absolute Gasteiger partial charge is 0.261 e. The molecule has 0 saturated heterocycles. The average molecular weight is 415 g/mol. The van der Waals surface area contributed by atoms with E-state index in [1.54, 1.807) is 18.2 Å². The number of sulfonamides is 1. The second-order valence-corrected chi connectivity index (χ2v) is 10.3. The van der Waals surface area contributed by atoms with Gasteiger partial charge in [0.15, 0.2) is 0 Å². The molecular formula is C23H30N2O3S. The lowest BCUT2D eigenvalue weighted by molar-refractivity contribution is -0.118. The molecule has 2 aromatic carbocycles. The summed E-state index contributed by atoms with van der Waals surface area (Å²) in [6, 6.07) is 12.4. The summed E-state index contributed by atoms with van der Waals surface area (Å²) in [5, 5.41) is 0. The van der Waals surface area contributed by atoms with Crippen molar-refractivity contribution in [1.82, 2.24) is 0 Å². The van der Waals surface area contributed by atoms with E-state index < -0.39 is 10.0 Å². The zero-order valence-electron chi connectivity index (χ0n) is 17.7. The molecular weight excluding hydrogens is 384 g/mol. The minimum absolute atomic E-state index is 0.0324. The first-order valence-corrected chi connectivity index (χ1v) is 11.7. The summed E-state index contributed by atoms with van der Waals surface area (Å²) in [4.78, 5) is 14.3. The Bertz CT molecular complexity index is 990. The van der Waals surface area contributed by atoms with Crippen molar-refractivity contribution < 1.29 is 13.2 Å². The van der Waals surface area contributed by atoms with Crippen LogP contribution in [0.1, 0.15) is 58.1 Å². The molecule has 2 aromatic rings. The number of amides is 1. The molecule has 3 rings (SSSR count). The molecule has 0 aliphatic carbocycles. The summed E-state index contributed by atoms with van der Waals surface area (Å²) in [7, 11) is -3.67. The van der Waals surface area contributed by atoms with Crippen molar-refractivity contribution in [1.29, 1.82) is 0 Å². The van der Waals surface area contributed by atoms with Crippen LogP contribution in [0.5, 0.6) is 0 Å². The lowest BCUT2D eigenvalue weighted by Gasteiger charge is -2.30. The molecule has 29 heavy (non-hydrogen) atoms. The highest BCUT2D eigenvalue weighted by atomic mass is 32.2. The molecule has 1 aliphatic heterocycles. The average Bonchev–Trinajstić information content (AvgIpc) is 2.66. The molecule has 5 nitrogen and oxygen atoms in total. The van der Waals surface area contributed by atoms with Gasteiger partial charge in [0.25, 0.3) is 10.0 Å². The Morgan fingerprint density at radius 1 is 1.03 bits per heavy atom. The van der Waals surface area contributed by atoms with Crippen LogP contribution in [0.4, 0.5) is 11.4 Å². The zero-order valence-corrected chi connectivity index (χ0v) is 18.5. The molecule has 0 fully saturated rings. The maximum Gasteiger partial charge on any atom is 0.261 e. The molecule has 0 saturated carbocycles. The number of rotatable bonds is 6. The van der Waals surface area contributed by atoms with Crippen LogP contribution in [-0.2, 0) is 26.7 Å². The summed E-state index contributed by atoms with van der Waals surface area (Å²) < 4.78 is 28.3. The van der Waals surface area contributed by atoms with Crippen molar-refractivity contribution in [2.45, 2.75) is 63.7 Å². The number of fused-ring (bicyclic) bond motifs is 1. The van der Waals surface area contributed by atoms with Gasteiger partial charge in [0.2, 0.25) is 5.91 Å². The number of carbonyl (C=O) groups is 1. The number of nitrogens with zero attached hydrogens (tertiary/aromatic N) is 1. The van der Waals surface area contributed by atoms with Crippen LogP contribution >= 0.6 is 0 Å². The van der Waals surface area contributed by atoms with Crippen LogP contribution in [0.3, 0.4) is 0 Å². The van der Waals surface area contributed by atoms with E-state index in [0.29, 0.717) is 25.1 Å². The van der Waals surface area contributed by atoms with Crippen LogP contribution in [0.2, 0.25) is 0 Å². The molecule has 0 spiro atoms. The van der Waals surface area contributed by atoms with Crippen LogP contribution in [0.15, 0.2) is 47.4 Å². The van der Waals surface area contributed by atoms with Gasteiger partial charge in [-0.3, -0.25) is 9.52 Å². The first-order chi connectivity index (χ1) is 13.6. The van der Waals surface area contributed by atoms with Gasteiger partial charge in [-0.15, -0.1) is 0 Å². The molecule has 156 valence electrons. The monoisotopic (exact) mass is 414 g/mol. The molecule has 1 aliphatic rings. The topological polar surface area (TPSA) is 66.5 Å². The Labute approximate surface area is 174 Å². The summed E-state index contributed by atoms with van der Waals surface area (Å²) in [6.07, 6.45) is 3.06. The summed E-state index contributed by atoms with van der Waals surface area (Å²) in [5.41, 5.74) is 3.47. The number of hydrogen-bond acceptors (Lipinski definition) is 3. The highest BCUT2D eigenvalue weighted by Gasteiger charge is 2.24. The van der Waals surface area contributed by atoms with Gasteiger partial charge in [-0.1, -0.05) is 46.2 Å². The predicted octanol–water partition coefficient (Wildman–Crippen LogP) is 4.86. The van der Waals surface area contributed by atoms with Gasteiger partial charge in [-0.25, -0.2) is 8.42 Å². The molecule has 6 heteroatoms. The minimum Gasteiger partial charge on any atom is -0.312 e. The second kappa shape index (κ2) is 8.19. The maximum atomic E-state index is 12.8. The number of benzene rings is 2. The number of unbranched alkanes of at least 4 members (excludes halogenated alkanes) is 1. The van der Waals surface area contributed by atoms with Crippen molar-refractivity contribution >= 4 is 27.3 Å². The largest absolute Gasteiger partial charge is 0.312 e. The van der Waals surface area contributed by atoms with E-state index in [-0.39, 0.29) is 16.2 Å². The Morgan fingerprint density at radius 2 is 1.72 bits per heavy atom.